The summed E-state index contributed by atoms with van der Waals surface area (Å²) < 4.78 is 0. The molecular weight excluding hydrogens is 199 g/mol. The van der Waals surface area contributed by atoms with E-state index in [2.05, 4.69) is 19.6 Å². The summed E-state index contributed by atoms with van der Waals surface area (Å²) in [5.41, 5.74) is 1.14. The Bertz CT molecular complexity index is 195. The highest BCUT2D eigenvalue weighted by atomic mass is 31.1. The lowest BCUT2D eigenvalue weighted by molar-refractivity contribution is 0.388. The molecule has 0 aromatic rings. The van der Waals surface area contributed by atoms with Gasteiger partial charge in [-0.15, -0.1) is 14.5 Å². The van der Waals surface area contributed by atoms with Crippen LogP contribution in [0.15, 0.2) is 12.7 Å². The van der Waals surface area contributed by atoms with Crippen molar-refractivity contribution in [1.29, 1.82) is 0 Å². The van der Waals surface area contributed by atoms with Gasteiger partial charge < -0.3 is 0 Å². The van der Waals surface area contributed by atoms with Gasteiger partial charge in [0.2, 0.25) is 0 Å². The van der Waals surface area contributed by atoms with E-state index in [9.17, 15) is 0 Å². The van der Waals surface area contributed by atoms with Crippen LogP contribution in [0.2, 0.25) is 0 Å². The van der Waals surface area contributed by atoms with Gasteiger partial charge in [0, 0.05) is 0 Å². The maximum absolute atomic E-state index is 3.94. The first kappa shape index (κ1) is 11.6. The van der Waals surface area contributed by atoms with Crippen LogP contribution in [-0.2, 0) is 0 Å². The Kier molecular flexibility index (Phi) is 4.26. The van der Waals surface area contributed by atoms with Crippen molar-refractivity contribution in [1.82, 2.24) is 0 Å². The maximum atomic E-state index is 3.94. The predicted molar refractivity (Wildman–Crippen MR) is 71.0 cm³/mol. The third-order valence-electron chi connectivity index (χ3n) is 4.41. The summed E-state index contributed by atoms with van der Waals surface area (Å²) in [7, 11) is 0.411. The summed E-state index contributed by atoms with van der Waals surface area (Å²) in [6.45, 7) is 6.37. The van der Waals surface area contributed by atoms with Gasteiger partial charge in [-0.05, 0) is 55.5 Å². The Morgan fingerprint density at radius 2 is 1.60 bits per heavy atom. The zero-order chi connectivity index (χ0) is 10.7. The van der Waals surface area contributed by atoms with Crippen LogP contribution in [0.3, 0.4) is 0 Å². The Labute approximate surface area is 96.3 Å². The molecule has 0 aromatic heterocycles. The highest BCUT2D eigenvalue weighted by Crippen LogP contribution is 2.52. The lowest BCUT2D eigenvalue weighted by Gasteiger charge is -2.37. The molecule has 0 radical (unpaired) electrons. The van der Waals surface area contributed by atoms with E-state index in [1.165, 1.54) is 25.7 Å². The third-order valence-corrected chi connectivity index (χ3v) is 7.62. The van der Waals surface area contributed by atoms with Crippen molar-refractivity contribution >= 4 is 7.92 Å². The summed E-state index contributed by atoms with van der Waals surface area (Å²) in [5.74, 6) is 1.87. The molecule has 0 spiro atoms. The van der Waals surface area contributed by atoms with Gasteiger partial charge in [0.25, 0.3) is 0 Å². The molecule has 0 N–H and O–H groups in total. The van der Waals surface area contributed by atoms with Crippen LogP contribution < -0.4 is 0 Å². The highest BCUT2D eigenvalue weighted by molar-refractivity contribution is 7.58. The molecule has 86 valence electrons. The first-order valence-corrected chi connectivity index (χ1v) is 8.44. The minimum Gasteiger partial charge on any atom is -0.103 e. The summed E-state index contributed by atoms with van der Waals surface area (Å²) in [5, 5.41) is 0. The van der Waals surface area contributed by atoms with E-state index < -0.39 is 0 Å². The zero-order valence-electron chi connectivity index (χ0n) is 10.1. The van der Waals surface area contributed by atoms with Crippen molar-refractivity contribution in [2.24, 2.45) is 11.8 Å². The lowest BCUT2D eigenvalue weighted by Crippen LogP contribution is -2.21. The SMILES string of the molecule is C=CC1CCP(C2CCC(C)CC2)CC1. The average Bonchev–Trinajstić information content (AvgIpc) is 2.30. The van der Waals surface area contributed by atoms with Gasteiger partial charge in [-0.2, -0.15) is 0 Å². The zero-order valence-corrected chi connectivity index (χ0v) is 11.0. The van der Waals surface area contributed by atoms with E-state index >= 15 is 0 Å². The van der Waals surface area contributed by atoms with Crippen LogP contribution in [0.1, 0.15) is 45.4 Å². The van der Waals surface area contributed by atoms with Crippen LogP contribution in [0.5, 0.6) is 0 Å². The molecule has 0 atom stereocenters. The van der Waals surface area contributed by atoms with E-state index in [1.54, 1.807) is 25.2 Å². The monoisotopic (exact) mass is 224 g/mol. The van der Waals surface area contributed by atoms with Gasteiger partial charge in [0.1, 0.15) is 0 Å². The molecular formula is C14H25P. The minimum absolute atomic E-state index is 0.411. The molecule has 15 heavy (non-hydrogen) atoms. The molecule has 0 bridgehead atoms. The molecule has 2 rings (SSSR count). The summed E-state index contributed by atoms with van der Waals surface area (Å²) >= 11 is 0. The van der Waals surface area contributed by atoms with Gasteiger partial charge in [-0.25, -0.2) is 0 Å². The van der Waals surface area contributed by atoms with Crippen LogP contribution in [0, 0.1) is 11.8 Å². The fourth-order valence-corrected chi connectivity index (χ4v) is 6.44. The lowest BCUT2D eigenvalue weighted by atomic mass is 9.90. The number of rotatable bonds is 2. The van der Waals surface area contributed by atoms with Crippen LogP contribution in [-0.4, -0.2) is 18.0 Å². The largest absolute Gasteiger partial charge is 0.103 e. The van der Waals surface area contributed by atoms with E-state index in [4.69, 9.17) is 0 Å². The number of hydrogen-bond donors (Lipinski definition) is 0. The fraction of sp³-hybridized carbons (Fsp3) is 0.857. The molecule has 0 unspecified atom stereocenters. The third kappa shape index (κ3) is 3.06. The molecule has 1 heteroatoms. The molecule has 1 saturated heterocycles. The number of allylic oxidation sites excluding steroid dienone is 1. The summed E-state index contributed by atoms with van der Waals surface area (Å²) in [4.78, 5) is 0. The molecule has 0 amide bonds. The second-order valence-electron chi connectivity index (χ2n) is 5.52. The second kappa shape index (κ2) is 5.48. The van der Waals surface area contributed by atoms with E-state index in [-0.39, 0.29) is 0 Å². The molecule has 0 nitrogen and oxygen atoms in total. The molecule has 1 heterocycles. The molecule has 1 saturated carbocycles. The van der Waals surface area contributed by atoms with Gasteiger partial charge in [-0.3, -0.25) is 0 Å². The first-order chi connectivity index (χ1) is 7.29. The van der Waals surface area contributed by atoms with Gasteiger partial charge in [0.05, 0.1) is 0 Å². The van der Waals surface area contributed by atoms with Crippen molar-refractivity contribution in [2.75, 3.05) is 12.3 Å². The Balaban J connectivity index is 1.78. The van der Waals surface area contributed by atoms with Crippen LogP contribution in [0.4, 0.5) is 0 Å². The van der Waals surface area contributed by atoms with E-state index in [0.717, 1.165) is 17.5 Å². The normalized spacial score (nSPS) is 42.5. The Morgan fingerprint density at radius 3 is 2.13 bits per heavy atom. The standard InChI is InChI=1S/C14H25P/c1-3-13-8-10-15(11-9-13)14-6-4-12(2)5-7-14/h3,12-14H,1,4-11H2,2H3. The van der Waals surface area contributed by atoms with Crippen LogP contribution in [0.25, 0.3) is 0 Å². The van der Waals surface area contributed by atoms with Crippen LogP contribution >= 0.6 is 7.92 Å². The van der Waals surface area contributed by atoms with E-state index in [0.29, 0.717) is 7.92 Å². The van der Waals surface area contributed by atoms with Crippen molar-refractivity contribution in [3.8, 4) is 0 Å². The summed E-state index contributed by atoms with van der Waals surface area (Å²) in [6, 6.07) is 0. The molecule has 2 aliphatic rings. The van der Waals surface area contributed by atoms with Crippen molar-refractivity contribution < 1.29 is 0 Å². The number of hydrogen-bond acceptors (Lipinski definition) is 0. The highest BCUT2D eigenvalue weighted by Gasteiger charge is 2.28. The van der Waals surface area contributed by atoms with Crippen molar-refractivity contribution in [2.45, 2.75) is 51.1 Å². The fourth-order valence-electron chi connectivity index (χ4n) is 3.13. The topological polar surface area (TPSA) is 0 Å². The molecule has 1 aliphatic heterocycles. The van der Waals surface area contributed by atoms with Gasteiger partial charge >= 0.3 is 0 Å². The van der Waals surface area contributed by atoms with Gasteiger partial charge in [0.15, 0.2) is 0 Å². The predicted octanol–water partition coefficient (Wildman–Crippen LogP) is 4.64. The average molecular weight is 224 g/mol. The summed E-state index contributed by atoms with van der Waals surface area (Å²) in [6.07, 6.45) is 14.3. The first-order valence-electron chi connectivity index (χ1n) is 6.66. The van der Waals surface area contributed by atoms with Crippen molar-refractivity contribution in [3.63, 3.8) is 0 Å². The van der Waals surface area contributed by atoms with Crippen molar-refractivity contribution in [3.05, 3.63) is 12.7 Å². The molecule has 0 aromatic carbocycles. The second-order valence-corrected chi connectivity index (χ2v) is 8.33. The quantitative estimate of drug-likeness (QED) is 0.473. The molecule has 2 fully saturated rings. The van der Waals surface area contributed by atoms with E-state index in [1.807, 2.05) is 0 Å². The molecule has 1 aliphatic carbocycles. The Hall–Kier alpha value is 0.170. The maximum Gasteiger partial charge on any atom is -0.0209 e. The van der Waals surface area contributed by atoms with Gasteiger partial charge in [-0.1, -0.05) is 25.8 Å². The Morgan fingerprint density at radius 1 is 1.00 bits per heavy atom. The minimum atomic E-state index is 0.411. The smallest absolute Gasteiger partial charge is 0.0209 e.